The van der Waals surface area contributed by atoms with Crippen LogP contribution in [-0.2, 0) is 9.53 Å². The maximum Gasteiger partial charge on any atom is 0.332 e. The highest BCUT2D eigenvalue weighted by atomic mass is 16.5. The Morgan fingerprint density at radius 2 is 2.00 bits per heavy atom. The van der Waals surface area contributed by atoms with E-state index in [1.165, 1.54) is 6.92 Å². The van der Waals surface area contributed by atoms with Crippen molar-refractivity contribution >= 4 is 11.9 Å². The zero-order valence-electron chi connectivity index (χ0n) is 13.8. The number of carbonyl (C=O) groups excluding carboxylic acids is 2. The molecule has 0 unspecified atom stereocenters. The standard InChI is InChI=1S/C17H22N2O5/c1-3-4-10-23-14-7-5-13(6-8-14)16(21)19-15(12(2)20)17(22)24-11-9-18/h5-8,12,15,20H,3-4,10-11H2,1-2H3,(H,19,21)/t12-,15+/m1/s1. The maximum atomic E-state index is 12.2. The van der Waals surface area contributed by atoms with Gasteiger partial charge in [0.15, 0.2) is 12.6 Å². The molecule has 0 spiro atoms. The monoisotopic (exact) mass is 334 g/mol. The number of ether oxygens (including phenoxy) is 2. The number of nitrogens with zero attached hydrogens (tertiary/aromatic N) is 1. The molecule has 0 aliphatic heterocycles. The number of nitrogens with one attached hydrogen (secondary N) is 1. The molecule has 0 radical (unpaired) electrons. The SMILES string of the molecule is CCCCOc1ccc(C(=O)N[C@H](C(=O)OCC#N)[C@@H](C)O)cc1. The van der Waals surface area contributed by atoms with Gasteiger partial charge in [0.05, 0.1) is 12.7 Å². The Balaban J connectivity index is 2.67. The van der Waals surface area contributed by atoms with E-state index in [0.29, 0.717) is 17.9 Å². The van der Waals surface area contributed by atoms with Crippen LogP contribution < -0.4 is 10.1 Å². The van der Waals surface area contributed by atoms with Gasteiger partial charge >= 0.3 is 5.97 Å². The molecule has 1 amide bonds. The average molecular weight is 334 g/mol. The van der Waals surface area contributed by atoms with Gasteiger partial charge in [0, 0.05) is 5.56 Å². The van der Waals surface area contributed by atoms with Gasteiger partial charge in [0.1, 0.15) is 11.8 Å². The number of aliphatic hydroxyl groups excluding tert-OH is 1. The Morgan fingerprint density at radius 3 is 2.54 bits per heavy atom. The van der Waals surface area contributed by atoms with Crippen molar-refractivity contribution in [2.75, 3.05) is 13.2 Å². The van der Waals surface area contributed by atoms with Crippen LogP contribution in [0.15, 0.2) is 24.3 Å². The fraction of sp³-hybridized carbons (Fsp3) is 0.471. The van der Waals surface area contributed by atoms with Crippen LogP contribution in [0.4, 0.5) is 0 Å². The minimum Gasteiger partial charge on any atom is -0.494 e. The Bertz CT molecular complexity index is 578. The average Bonchev–Trinajstić information content (AvgIpc) is 2.57. The molecule has 1 aromatic carbocycles. The van der Waals surface area contributed by atoms with Crippen molar-refractivity contribution in [1.29, 1.82) is 5.26 Å². The van der Waals surface area contributed by atoms with E-state index in [0.717, 1.165) is 12.8 Å². The van der Waals surface area contributed by atoms with E-state index >= 15 is 0 Å². The van der Waals surface area contributed by atoms with E-state index in [2.05, 4.69) is 17.0 Å². The number of aliphatic hydroxyl groups is 1. The molecule has 0 saturated heterocycles. The van der Waals surface area contributed by atoms with E-state index < -0.39 is 30.6 Å². The highest BCUT2D eigenvalue weighted by Crippen LogP contribution is 2.13. The van der Waals surface area contributed by atoms with Crippen molar-refractivity contribution in [3.63, 3.8) is 0 Å². The number of benzene rings is 1. The molecule has 0 bridgehead atoms. The summed E-state index contributed by atoms with van der Waals surface area (Å²) in [6, 6.07) is 6.87. The van der Waals surface area contributed by atoms with Crippen molar-refractivity contribution in [3.8, 4) is 11.8 Å². The first-order chi connectivity index (χ1) is 11.5. The highest BCUT2D eigenvalue weighted by molar-refractivity contribution is 5.97. The van der Waals surface area contributed by atoms with Gasteiger partial charge in [-0.25, -0.2) is 4.79 Å². The van der Waals surface area contributed by atoms with Gasteiger partial charge in [0.2, 0.25) is 0 Å². The van der Waals surface area contributed by atoms with E-state index in [1.54, 1.807) is 30.3 Å². The third-order valence-electron chi connectivity index (χ3n) is 3.19. The van der Waals surface area contributed by atoms with Crippen molar-refractivity contribution in [3.05, 3.63) is 29.8 Å². The molecule has 0 fully saturated rings. The van der Waals surface area contributed by atoms with Gasteiger partial charge in [-0.1, -0.05) is 13.3 Å². The first-order valence-electron chi connectivity index (χ1n) is 7.75. The number of carbonyl (C=O) groups is 2. The third-order valence-corrected chi connectivity index (χ3v) is 3.19. The summed E-state index contributed by atoms with van der Waals surface area (Å²) in [7, 11) is 0. The number of unbranched alkanes of at least 4 members (excludes halogenated alkanes) is 1. The second kappa shape index (κ2) is 10.2. The van der Waals surface area contributed by atoms with Gasteiger partial charge in [-0.15, -0.1) is 0 Å². The molecule has 0 heterocycles. The minimum absolute atomic E-state index is 0.316. The Kier molecular flexibility index (Phi) is 8.30. The smallest absolute Gasteiger partial charge is 0.332 e. The number of hydrogen-bond acceptors (Lipinski definition) is 6. The first kappa shape index (κ1) is 19.5. The summed E-state index contributed by atoms with van der Waals surface area (Å²) in [5.74, 6) is -0.741. The molecule has 0 aromatic heterocycles. The van der Waals surface area contributed by atoms with Gasteiger partial charge in [-0.05, 0) is 37.6 Å². The quantitative estimate of drug-likeness (QED) is 0.522. The molecule has 0 saturated carbocycles. The molecule has 0 aliphatic carbocycles. The van der Waals surface area contributed by atoms with Crippen LogP contribution >= 0.6 is 0 Å². The van der Waals surface area contributed by atoms with E-state index in [-0.39, 0.29) is 0 Å². The van der Waals surface area contributed by atoms with Crippen molar-refractivity contribution in [2.45, 2.75) is 38.8 Å². The zero-order chi connectivity index (χ0) is 17.9. The molecule has 2 N–H and O–H groups in total. The molecular formula is C17H22N2O5. The zero-order valence-corrected chi connectivity index (χ0v) is 13.8. The molecule has 7 heteroatoms. The number of nitriles is 1. The second-order valence-electron chi connectivity index (χ2n) is 5.18. The molecule has 24 heavy (non-hydrogen) atoms. The summed E-state index contributed by atoms with van der Waals surface area (Å²) in [5.41, 5.74) is 0.316. The van der Waals surface area contributed by atoms with Crippen LogP contribution in [0.2, 0.25) is 0 Å². The van der Waals surface area contributed by atoms with Crippen molar-refractivity contribution < 1.29 is 24.2 Å². The fourth-order valence-electron chi connectivity index (χ4n) is 1.83. The number of rotatable bonds is 9. The molecule has 7 nitrogen and oxygen atoms in total. The maximum absolute atomic E-state index is 12.2. The molecule has 1 aromatic rings. The summed E-state index contributed by atoms with van der Waals surface area (Å²) in [6.45, 7) is 3.58. The van der Waals surface area contributed by atoms with E-state index in [9.17, 15) is 14.7 Å². The normalized spacial score (nSPS) is 12.6. The molecule has 0 aliphatic rings. The highest BCUT2D eigenvalue weighted by Gasteiger charge is 2.27. The van der Waals surface area contributed by atoms with Crippen molar-refractivity contribution in [2.24, 2.45) is 0 Å². The summed E-state index contributed by atoms with van der Waals surface area (Å²) in [5, 5.41) is 20.4. The van der Waals surface area contributed by atoms with Gasteiger partial charge in [-0.3, -0.25) is 4.79 Å². The lowest BCUT2D eigenvalue weighted by Gasteiger charge is -2.19. The Morgan fingerprint density at radius 1 is 1.33 bits per heavy atom. The Hall–Kier alpha value is -2.59. The second-order valence-corrected chi connectivity index (χ2v) is 5.18. The molecular weight excluding hydrogens is 312 g/mol. The van der Waals surface area contributed by atoms with Crippen LogP contribution in [0, 0.1) is 11.3 Å². The predicted molar refractivity (Wildman–Crippen MR) is 86.4 cm³/mol. The van der Waals surface area contributed by atoms with Crippen LogP contribution in [0.25, 0.3) is 0 Å². The van der Waals surface area contributed by atoms with Gasteiger partial charge in [0.25, 0.3) is 5.91 Å². The number of hydrogen-bond donors (Lipinski definition) is 2. The lowest BCUT2D eigenvalue weighted by Crippen LogP contribution is -2.48. The molecule has 130 valence electrons. The predicted octanol–water partition coefficient (Wildman–Crippen LogP) is 1.41. The number of amides is 1. The van der Waals surface area contributed by atoms with Crippen LogP contribution in [0.3, 0.4) is 0 Å². The number of esters is 1. The third kappa shape index (κ3) is 6.26. The topological polar surface area (TPSA) is 109 Å². The Labute approximate surface area is 141 Å². The van der Waals surface area contributed by atoms with Crippen LogP contribution in [0.5, 0.6) is 5.75 Å². The van der Waals surface area contributed by atoms with Crippen LogP contribution in [0.1, 0.15) is 37.0 Å². The molecule has 2 atom stereocenters. The van der Waals surface area contributed by atoms with Gasteiger partial charge < -0.3 is 19.9 Å². The summed E-state index contributed by atoms with van der Waals surface area (Å²) in [4.78, 5) is 23.9. The minimum atomic E-state index is -1.24. The summed E-state index contributed by atoms with van der Waals surface area (Å²) >= 11 is 0. The fourth-order valence-corrected chi connectivity index (χ4v) is 1.83. The van der Waals surface area contributed by atoms with Crippen molar-refractivity contribution in [1.82, 2.24) is 5.32 Å². The summed E-state index contributed by atoms with van der Waals surface area (Å²) < 4.78 is 10.1. The largest absolute Gasteiger partial charge is 0.494 e. The van der Waals surface area contributed by atoms with E-state index in [1.807, 2.05) is 0 Å². The lowest BCUT2D eigenvalue weighted by molar-refractivity contribution is -0.147. The van der Waals surface area contributed by atoms with Gasteiger partial charge in [-0.2, -0.15) is 5.26 Å². The summed E-state index contributed by atoms with van der Waals surface area (Å²) in [6.07, 6.45) is 0.823. The first-order valence-corrected chi connectivity index (χ1v) is 7.75. The lowest BCUT2D eigenvalue weighted by atomic mass is 10.1. The van der Waals surface area contributed by atoms with E-state index in [4.69, 9.17) is 10.00 Å². The van der Waals surface area contributed by atoms with Crippen LogP contribution in [-0.4, -0.2) is 42.3 Å². The molecule has 1 rings (SSSR count).